The van der Waals surface area contributed by atoms with E-state index in [2.05, 4.69) is 31.3 Å². The Morgan fingerprint density at radius 3 is 2.78 bits per heavy atom. The van der Waals surface area contributed by atoms with Crippen LogP contribution in [0.15, 0.2) is 30.3 Å². The molecule has 1 N–H and O–H groups in total. The van der Waals surface area contributed by atoms with Gasteiger partial charge in [-0.15, -0.1) is 0 Å². The van der Waals surface area contributed by atoms with Crippen LogP contribution in [0.3, 0.4) is 0 Å². The van der Waals surface area contributed by atoms with E-state index in [9.17, 15) is 4.79 Å². The van der Waals surface area contributed by atoms with Crippen molar-refractivity contribution in [3.8, 4) is 0 Å². The molecule has 0 saturated carbocycles. The highest BCUT2D eigenvalue weighted by Crippen LogP contribution is 2.23. The van der Waals surface area contributed by atoms with Crippen molar-refractivity contribution in [1.82, 2.24) is 10.2 Å². The fourth-order valence-corrected chi connectivity index (χ4v) is 2.44. The van der Waals surface area contributed by atoms with Crippen molar-refractivity contribution in [3.05, 3.63) is 35.9 Å². The molecular weight excluding hydrogens is 224 g/mol. The molecule has 1 aliphatic rings. The number of carbonyl (C=O) groups is 1. The Hall–Kier alpha value is -1.35. The van der Waals surface area contributed by atoms with Gasteiger partial charge in [0.15, 0.2) is 0 Å². The van der Waals surface area contributed by atoms with Crippen molar-refractivity contribution >= 4 is 5.91 Å². The maximum Gasteiger partial charge on any atom is 0.223 e. The predicted molar refractivity (Wildman–Crippen MR) is 73.2 cm³/mol. The molecule has 1 amide bonds. The summed E-state index contributed by atoms with van der Waals surface area (Å²) in [6, 6.07) is 10.5. The van der Waals surface area contributed by atoms with E-state index in [0.717, 1.165) is 19.6 Å². The van der Waals surface area contributed by atoms with Gasteiger partial charge in [-0.25, -0.2) is 0 Å². The normalized spacial score (nSPS) is 20.2. The van der Waals surface area contributed by atoms with Crippen molar-refractivity contribution in [1.29, 1.82) is 0 Å². The minimum Gasteiger partial charge on any atom is -0.333 e. The molecule has 0 radical (unpaired) electrons. The molecule has 1 fully saturated rings. The van der Waals surface area contributed by atoms with Crippen LogP contribution in [-0.4, -0.2) is 30.4 Å². The smallest absolute Gasteiger partial charge is 0.223 e. The lowest BCUT2D eigenvalue weighted by Gasteiger charge is -2.37. The first kappa shape index (κ1) is 13.1. The average molecular weight is 246 g/mol. The summed E-state index contributed by atoms with van der Waals surface area (Å²) in [6.45, 7) is 6.75. The summed E-state index contributed by atoms with van der Waals surface area (Å²) in [5, 5.41) is 3.38. The number of rotatable bonds is 3. The molecular formula is C15H22N2O. The Morgan fingerprint density at radius 2 is 2.11 bits per heavy atom. The second kappa shape index (κ2) is 6.01. The summed E-state index contributed by atoms with van der Waals surface area (Å²) in [7, 11) is 0. The number of nitrogens with one attached hydrogen (secondary N) is 1. The van der Waals surface area contributed by atoms with E-state index in [1.165, 1.54) is 5.56 Å². The van der Waals surface area contributed by atoms with E-state index in [0.29, 0.717) is 12.3 Å². The lowest BCUT2D eigenvalue weighted by atomic mass is 10.0. The van der Waals surface area contributed by atoms with Crippen molar-refractivity contribution in [3.63, 3.8) is 0 Å². The van der Waals surface area contributed by atoms with Gasteiger partial charge in [0.25, 0.3) is 0 Å². The molecule has 0 spiro atoms. The maximum absolute atomic E-state index is 12.3. The molecule has 1 aromatic carbocycles. The largest absolute Gasteiger partial charge is 0.333 e. The average Bonchev–Trinajstić information content (AvgIpc) is 2.39. The van der Waals surface area contributed by atoms with Gasteiger partial charge in [-0.2, -0.15) is 0 Å². The number of benzene rings is 1. The Labute approximate surface area is 109 Å². The Bertz CT molecular complexity index is 389. The van der Waals surface area contributed by atoms with Gasteiger partial charge in [0, 0.05) is 26.1 Å². The standard InChI is InChI=1S/C15H22N2O/c1-12(2)10-15(18)17-9-8-16-11-14(17)13-6-4-3-5-7-13/h3-7,12,14,16H,8-11H2,1-2H3. The first-order valence-electron chi connectivity index (χ1n) is 6.73. The van der Waals surface area contributed by atoms with Crippen LogP contribution in [0.4, 0.5) is 0 Å². The highest BCUT2D eigenvalue weighted by molar-refractivity contribution is 5.77. The molecule has 18 heavy (non-hydrogen) atoms. The van der Waals surface area contributed by atoms with Gasteiger partial charge < -0.3 is 10.2 Å². The summed E-state index contributed by atoms with van der Waals surface area (Å²) in [5.74, 6) is 0.698. The zero-order valence-electron chi connectivity index (χ0n) is 11.2. The van der Waals surface area contributed by atoms with Gasteiger partial charge in [-0.05, 0) is 11.5 Å². The fraction of sp³-hybridized carbons (Fsp3) is 0.533. The number of amides is 1. The number of piperazine rings is 1. The van der Waals surface area contributed by atoms with Crippen LogP contribution in [0, 0.1) is 5.92 Å². The van der Waals surface area contributed by atoms with E-state index in [1.54, 1.807) is 0 Å². The van der Waals surface area contributed by atoms with Gasteiger partial charge in [-0.3, -0.25) is 4.79 Å². The maximum atomic E-state index is 12.3. The molecule has 0 aromatic heterocycles. The van der Waals surface area contributed by atoms with Gasteiger partial charge in [0.2, 0.25) is 5.91 Å². The second-order valence-electron chi connectivity index (χ2n) is 5.32. The monoisotopic (exact) mass is 246 g/mol. The highest BCUT2D eigenvalue weighted by Gasteiger charge is 2.27. The number of carbonyl (C=O) groups excluding carboxylic acids is 1. The van der Waals surface area contributed by atoms with E-state index in [4.69, 9.17) is 0 Å². The molecule has 1 heterocycles. The molecule has 1 saturated heterocycles. The van der Waals surface area contributed by atoms with Gasteiger partial charge in [-0.1, -0.05) is 44.2 Å². The predicted octanol–water partition coefficient (Wildman–Crippen LogP) is 2.21. The van der Waals surface area contributed by atoms with Crippen molar-refractivity contribution < 1.29 is 4.79 Å². The molecule has 2 rings (SSSR count). The third-order valence-corrected chi connectivity index (χ3v) is 3.33. The zero-order valence-corrected chi connectivity index (χ0v) is 11.2. The summed E-state index contributed by atoms with van der Waals surface area (Å²) in [5.41, 5.74) is 1.22. The topological polar surface area (TPSA) is 32.3 Å². The van der Waals surface area contributed by atoms with Crippen molar-refractivity contribution in [2.24, 2.45) is 5.92 Å². The summed E-state index contributed by atoms with van der Waals surface area (Å²) in [6.07, 6.45) is 0.642. The fourth-order valence-electron chi connectivity index (χ4n) is 2.44. The van der Waals surface area contributed by atoms with Crippen LogP contribution in [0.2, 0.25) is 0 Å². The summed E-state index contributed by atoms with van der Waals surface area (Å²) < 4.78 is 0. The Morgan fingerprint density at radius 1 is 1.39 bits per heavy atom. The van der Waals surface area contributed by atoms with Crippen molar-refractivity contribution in [2.75, 3.05) is 19.6 Å². The third kappa shape index (κ3) is 3.10. The number of nitrogens with zero attached hydrogens (tertiary/aromatic N) is 1. The molecule has 0 aliphatic carbocycles. The van der Waals surface area contributed by atoms with E-state index in [-0.39, 0.29) is 11.9 Å². The minimum atomic E-state index is 0.186. The van der Waals surface area contributed by atoms with Crippen LogP contribution >= 0.6 is 0 Å². The van der Waals surface area contributed by atoms with Crippen LogP contribution in [0.25, 0.3) is 0 Å². The van der Waals surface area contributed by atoms with E-state index >= 15 is 0 Å². The summed E-state index contributed by atoms with van der Waals surface area (Å²) in [4.78, 5) is 14.3. The zero-order chi connectivity index (χ0) is 13.0. The van der Waals surface area contributed by atoms with Crippen LogP contribution in [0.5, 0.6) is 0 Å². The molecule has 1 aromatic rings. The van der Waals surface area contributed by atoms with E-state index < -0.39 is 0 Å². The van der Waals surface area contributed by atoms with Crippen molar-refractivity contribution in [2.45, 2.75) is 26.3 Å². The lowest BCUT2D eigenvalue weighted by molar-refractivity contribution is -0.135. The van der Waals surface area contributed by atoms with E-state index in [1.807, 2.05) is 23.1 Å². The first-order chi connectivity index (χ1) is 8.68. The SMILES string of the molecule is CC(C)CC(=O)N1CCNCC1c1ccccc1. The molecule has 1 atom stereocenters. The number of hydrogen-bond donors (Lipinski definition) is 1. The van der Waals surface area contributed by atoms with Gasteiger partial charge in [0.05, 0.1) is 6.04 Å². The number of hydrogen-bond acceptors (Lipinski definition) is 2. The van der Waals surface area contributed by atoms with Crippen LogP contribution < -0.4 is 5.32 Å². The first-order valence-corrected chi connectivity index (χ1v) is 6.73. The third-order valence-electron chi connectivity index (χ3n) is 3.33. The molecule has 1 unspecified atom stereocenters. The lowest BCUT2D eigenvalue weighted by Crippen LogP contribution is -2.48. The molecule has 98 valence electrons. The molecule has 1 aliphatic heterocycles. The van der Waals surface area contributed by atoms with Crippen LogP contribution in [0.1, 0.15) is 31.9 Å². The Kier molecular flexibility index (Phi) is 4.37. The molecule has 3 heteroatoms. The Balaban J connectivity index is 2.13. The molecule has 0 bridgehead atoms. The van der Waals surface area contributed by atoms with Crippen LogP contribution in [-0.2, 0) is 4.79 Å². The van der Waals surface area contributed by atoms with Gasteiger partial charge >= 0.3 is 0 Å². The van der Waals surface area contributed by atoms with Gasteiger partial charge in [0.1, 0.15) is 0 Å². The second-order valence-corrected chi connectivity index (χ2v) is 5.32. The summed E-state index contributed by atoms with van der Waals surface area (Å²) >= 11 is 0. The highest BCUT2D eigenvalue weighted by atomic mass is 16.2. The quantitative estimate of drug-likeness (QED) is 0.887. The molecule has 3 nitrogen and oxygen atoms in total. The minimum absolute atomic E-state index is 0.186.